The van der Waals surface area contributed by atoms with Crippen LogP contribution in [0.1, 0.15) is 6.92 Å². The Kier molecular flexibility index (Phi) is 3.79. The SMILES string of the molecule is CC(=O)NCCNc1ccc(O)cc1. The molecule has 0 spiro atoms. The van der Waals surface area contributed by atoms with Crippen LogP contribution < -0.4 is 10.6 Å². The van der Waals surface area contributed by atoms with E-state index in [1.807, 2.05) is 0 Å². The average Bonchev–Trinajstić information content (AvgIpc) is 2.15. The van der Waals surface area contributed by atoms with E-state index >= 15 is 0 Å². The molecule has 0 unspecified atom stereocenters. The molecule has 3 N–H and O–H groups in total. The molecule has 0 saturated carbocycles. The van der Waals surface area contributed by atoms with Gasteiger partial charge < -0.3 is 15.7 Å². The van der Waals surface area contributed by atoms with Crippen LogP contribution in [0.15, 0.2) is 24.3 Å². The zero-order valence-electron chi connectivity index (χ0n) is 8.08. The topological polar surface area (TPSA) is 61.4 Å². The Bertz CT molecular complexity index is 295. The number of anilines is 1. The van der Waals surface area contributed by atoms with Crippen LogP contribution in [-0.4, -0.2) is 24.1 Å². The van der Waals surface area contributed by atoms with Crippen LogP contribution in [0.5, 0.6) is 5.75 Å². The minimum atomic E-state index is -0.0301. The molecular formula is C10H14N2O2. The van der Waals surface area contributed by atoms with Gasteiger partial charge in [0.1, 0.15) is 5.75 Å². The predicted octanol–water partition coefficient (Wildman–Crippen LogP) is 0.940. The first kappa shape index (κ1) is 10.4. The van der Waals surface area contributed by atoms with E-state index in [1.54, 1.807) is 24.3 Å². The maximum atomic E-state index is 10.5. The van der Waals surface area contributed by atoms with Gasteiger partial charge in [-0.2, -0.15) is 0 Å². The zero-order chi connectivity index (χ0) is 10.4. The van der Waals surface area contributed by atoms with Crippen LogP contribution in [0.2, 0.25) is 0 Å². The number of hydrogen-bond donors (Lipinski definition) is 3. The van der Waals surface area contributed by atoms with Gasteiger partial charge in [0.25, 0.3) is 0 Å². The quantitative estimate of drug-likeness (QED) is 0.494. The van der Waals surface area contributed by atoms with Gasteiger partial charge in [0.05, 0.1) is 0 Å². The summed E-state index contributed by atoms with van der Waals surface area (Å²) in [4.78, 5) is 10.5. The third-order valence-corrected chi connectivity index (χ3v) is 1.70. The maximum Gasteiger partial charge on any atom is 0.216 e. The molecule has 1 rings (SSSR count). The lowest BCUT2D eigenvalue weighted by Gasteiger charge is -2.06. The van der Waals surface area contributed by atoms with Crippen LogP contribution in [0.25, 0.3) is 0 Å². The van der Waals surface area contributed by atoms with Gasteiger partial charge in [-0.3, -0.25) is 4.79 Å². The van der Waals surface area contributed by atoms with E-state index in [4.69, 9.17) is 5.11 Å². The van der Waals surface area contributed by atoms with E-state index in [9.17, 15) is 4.79 Å². The third-order valence-electron chi connectivity index (χ3n) is 1.70. The molecule has 4 heteroatoms. The molecule has 0 bridgehead atoms. The second-order valence-corrected chi connectivity index (χ2v) is 2.96. The Morgan fingerprint density at radius 2 is 1.93 bits per heavy atom. The van der Waals surface area contributed by atoms with Gasteiger partial charge in [0.2, 0.25) is 5.91 Å². The van der Waals surface area contributed by atoms with Crippen molar-refractivity contribution in [3.8, 4) is 5.75 Å². The van der Waals surface area contributed by atoms with Crippen molar-refractivity contribution >= 4 is 11.6 Å². The fourth-order valence-electron chi connectivity index (χ4n) is 1.02. The van der Waals surface area contributed by atoms with Crippen molar-refractivity contribution in [2.45, 2.75) is 6.92 Å². The summed E-state index contributed by atoms with van der Waals surface area (Å²) in [5, 5.41) is 14.8. The van der Waals surface area contributed by atoms with Crippen molar-refractivity contribution in [2.24, 2.45) is 0 Å². The molecule has 0 radical (unpaired) electrons. The second-order valence-electron chi connectivity index (χ2n) is 2.96. The average molecular weight is 194 g/mol. The lowest BCUT2D eigenvalue weighted by molar-refractivity contribution is -0.118. The number of hydrogen-bond acceptors (Lipinski definition) is 3. The summed E-state index contributed by atoms with van der Waals surface area (Å²) in [6.45, 7) is 2.75. The molecule has 0 heterocycles. The molecule has 0 fully saturated rings. The predicted molar refractivity (Wildman–Crippen MR) is 55.3 cm³/mol. The molecule has 0 aliphatic heterocycles. The Morgan fingerprint density at radius 3 is 2.50 bits per heavy atom. The standard InChI is InChI=1S/C10H14N2O2/c1-8(13)11-6-7-12-9-2-4-10(14)5-3-9/h2-5,12,14H,6-7H2,1H3,(H,11,13). The summed E-state index contributed by atoms with van der Waals surface area (Å²) in [7, 11) is 0. The Hall–Kier alpha value is -1.71. The number of carbonyl (C=O) groups excluding carboxylic acids is 1. The van der Waals surface area contributed by atoms with Crippen LogP contribution in [-0.2, 0) is 4.79 Å². The van der Waals surface area contributed by atoms with E-state index in [1.165, 1.54) is 6.92 Å². The van der Waals surface area contributed by atoms with Crippen molar-refractivity contribution in [2.75, 3.05) is 18.4 Å². The van der Waals surface area contributed by atoms with Crippen molar-refractivity contribution in [3.05, 3.63) is 24.3 Å². The Morgan fingerprint density at radius 1 is 1.29 bits per heavy atom. The molecule has 0 aliphatic carbocycles. The highest BCUT2D eigenvalue weighted by Crippen LogP contribution is 2.12. The number of phenolic OH excluding ortho intramolecular Hbond substituents is 1. The molecule has 76 valence electrons. The molecule has 0 aromatic heterocycles. The smallest absolute Gasteiger partial charge is 0.216 e. The minimum Gasteiger partial charge on any atom is -0.508 e. The minimum absolute atomic E-state index is 0.0301. The summed E-state index contributed by atoms with van der Waals surface area (Å²) in [6, 6.07) is 6.79. The highest BCUT2D eigenvalue weighted by atomic mass is 16.3. The van der Waals surface area contributed by atoms with E-state index in [2.05, 4.69) is 10.6 Å². The van der Waals surface area contributed by atoms with E-state index in [0.29, 0.717) is 13.1 Å². The number of rotatable bonds is 4. The van der Waals surface area contributed by atoms with Crippen molar-refractivity contribution in [1.29, 1.82) is 0 Å². The summed E-state index contributed by atoms with van der Waals surface area (Å²) in [6.07, 6.45) is 0. The van der Waals surface area contributed by atoms with Gasteiger partial charge in [-0.25, -0.2) is 0 Å². The van der Waals surface area contributed by atoms with Crippen LogP contribution in [0, 0.1) is 0 Å². The highest BCUT2D eigenvalue weighted by Gasteiger charge is 1.92. The van der Waals surface area contributed by atoms with E-state index in [-0.39, 0.29) is 11.7 Å². The molecule has 1 amide bonds. The summed E-state index contributed by atoms with van der Waals surface area (Å²) >= 11 is 0. The third kappa shape index (κ3) is 3.80. The fourth-order valence-corrected chi connectivity index (χ4v) is 1.02. The van der Waals surface area contributed by atoms with Gasteiger partial charge in [0.15, 0.2) is 0 Å². The van der Waals surface area contributed by atoms with E-state index < -0.39 is 0 Å². The summed E-state index contributed by atoms with van der Waals surface area (Å²) in [5.41, 5.74) is 0.924. The Balaban J connectivity index is 2.25. The molecule has 1 aromatic rings. The van der Waals surface area contributed by atoms with Crippen molar-refractivity contribution < 1.29 is 9.90 Å². The van der Waals surface area contributed by atoms with Crippen LogP contribution in [0.3, 0.4) is 0 Å². The number of aromatic hydroxyl groups is 1. The lowest BCUT2D eigenvalue weighted by Crippen LogP contribution is -2.26. The van der Waals surface area contributed by atoms with Gasteiger partial charge in [-0.1, -0.05) is 0 Å². The van der Waals surface area contributed by atoms with Gasteiger partial charge >= 0.3 is 0 Å². The molecule has 4 nitrogen and oxygen atoms in total. The molecular weight excluding hydrogens is 180 g/mol. The molecule has 14 heavy (non-hydrogen) atoms. The molecule has 0 aliphatic rings. The fraction of sp³-hybridized carbons (Fsp3) is 0.300. The first-order chi connectivity index (χ1) is 6.68. The number of nitrogens with one attached hydrogen (secondary N) is 2. The highest BCUT2D eigenvalue weighted by molar-refractivity contribution is 5.72. The van der Waals surface area contributed by atoms with Crippen LogP contribution >= 0.6 is 0 Å². The lowest BCUT2D eigenvalue weighted by atomic mass is 10.3. The first-order valence-electron chi connectivity index (χ1n) is 4.46. The van der Waals surface area contributed by atoms with Gasteiger partial charge in [0, 0.05) is 25.7 Å². The number of phenols is 1. The zero-order valence-corrected chi connectivity index (χ0v) is 8.08. The first-order valence-corrected chi connectivity index (χ1v) is 4.46. The number of amides is 1. The van der Waals surface area contributed by atoms with Gasteiger partial charge in [-0.05, 0) is 24.3 Å². The normalized spacial score (nSPS) is 9.50. The maximum absolute atomic E-state index is 10.5. The largest absolute Gasteiger partial charge is 0.508 e. The molecule has 0 saturated heterocycles. The Labute approximate surface area is 82.9 Å². The van der Waals surface area contributed by atoms with Crippen molar-refractivity contribution in [1.82, 2.24) is 5.32 Å². The number of benzene rings is 1. The monoisotopic (exact) mass is 194 g/mol. The van der Waals surface area contributed by atoms with Gasteiger partial charge in [-0.15, -0.1) is 0 Å². The number of carbonyl (C=O) groups is 1. The summed E-state index contributed by atoms with van der Waals surface area (Å²) in [5.74, 6) is 0.218. The molecule has 0 atom stereocenters. The second kappa shape index (κ2) is 5.11. The van der Waals surface area contributed by atoms with E-state index in [0.717, 1.165) is 5.69 Å². The molecule has 1 aromatic carbocycles. The van der Waals surface area contributed by atoms with Crippen LogP contribution in [0.4, 0.5) is 5.69 Å². The summed E-state index contributed by atoms with van der Waals surface area (Å²) < 4.78 is 0. The van der Waals surface area contributed by atoms with Crippen molar-refractivity contribution in [3.63, 3.8) is 0 Å².